The van der Waals surface area contributed by atoms with Crippen LogP contribution in [0.5, 0.6) is 0 Å². The van der Waals surface area contributed by atoms with Crippen LogP contribution in [-0.2, 0) is 9.53 Å². The second kappa shape index (κ2) is 6.98. The van der Waals surface area contributed by atoms with E-state index in [0.29, 0.717) is 5.56 Å². The Balaban J connectivity index is 2.27. The van der Waals surface area contributed by atoms with Crippen LogP contribution in [0.15, 0.2) is 30.3 Å². The van der Waals surface area contributed by atoms with Gasteiger partial charge in [0.05, 0.1) is 11.5 Å². The Morgan fingerprint density at radius 2 is 1.29 bits per heavy atom. The minimum Gasteiger partial charge on any atom is -0.457 e. The monoisotopic (exact) mass is 344 g/mol. The van der Waals surface area contributed by atoms with Crippen molar-refractivity contribution in [3.63, 3.8) is 0 Å². The Bertz CT molecular complexity index is 732. The topological polar surface area (TPSA) is 26.3 Å². The van der Waals surface area contributed by atoms with Gasteiger partial charge in [0.1, 0.15) is 6.10 Å². The van der Waals surface area contributed by atoms with Crippen LogP contribution in [0.4, 0.5) is 22.0 Å². The standard InChI is InChI=1S/C17H13F5O2/c1-8(10-6-4-3-5-7-10)17(23)24-9(2)11-12(18)14(20)16(22)15(21)13(11)19/h3-9H,1-2H3/t8-,9+/m0/s1. The van der Waals surface area contributed by atoms with Crippen LogP contribution in [0, 0.1) is 29.1 Å². The van der Waals surface area contributed by atoms with Crippen molar-refractivity contribution in [2.45, 2.75) is 25.9 Å². The molecule has 2 nitrogen and oxygen atoms in total. The highest BCUT2D eigenvalue weighted by Gasteiger charge is 2.31. The maximum atomic E-state index is 13.7. The summed E-state index contributed by atoms with van der Waals surface area (Å²) in [7, 11) is 0. The molecule has 7 heteroatoms. The van der Waals surface area contributed by atoms with Crippen LogP contribution in [0.1, 0.15) is 37.0 Å². The molecule has 0 amide bonds. The SMILES string of the molecule is C[C@H](C(=O)O[C@H](C)c1c(F)c(F)c(F)c(F)c1F)c1ccccc1. The molecule has 2 aromatic carbocycles. The lowest BCUT2D eigenvalue weighted by Crippen LogP contribution is -2.18. The lowest BCUT2D eigenvalue weighted by atomic mass is 10.0. The van der Waals surface area contributed by atoms with E-state index in [-0.39, 0.29) is 0 Å². The van der Waals surface area contributed by atoms with E-state index in [1.54, 1.807) is 30.3 Å². The van der Waals surface area contributed by atoms with E-state index >= 15 is 0 Å². The zero-order valence-corrected chi connectivity index (χ0v) is 12.7. The first-order chi connectivity index (χ1) is 11.3. The number of halogens is 5. The van der Waals surface area contributed by atoms with Crippen molar-refractivity contribution < 1.29 is 31.5 Å². The van der Waals surface area contributed by atoms with Crippen LogP contribution in [0.25, 0.3) is 0 Å². The average Bonchev–Trinajstić information content (AvgIpc) is 2.58. The van der Waals surface area contributed by atoms with Gasteiger partial charge >= 0.3 is 5.97 Å². The van der Waals surface area contributed by atoms with Crippen molar-refractivity contribution in [1.29, 1.82) is 0 Å². The van der Waals surface area contributed by atoms with Crippen LogP contribution >= 0.6 is 0 Å². The fourth-order valence-electron chi connectivity index (χ4n) is 2.19. The van der Waals surface area contributed by atoms with Crippen molar-refractivity contribution in [1.82, 2.24) is 0 Å². The summed E-state index contributed by atoms with van der Waals surface area (Å²) in [6.07, 6.45) is -1.65. The normalized spacial score (nSPS) is 13.5. The molecule has 0 spiro atoms. The van der Waals surface area contributed by atoms with Gasteiger partial charge in [0.25, 0.3) is 0 Å². The molecular weight excluding hydrogens is 331 g/mol. The predicted octanol–water partition coefficient (Wildman–Crippen LogP) is 4.79. The average molecular weight is 344 g/mol. The fourth-order valence-corrected chi connectivity index (χ4v) is 2.19. The quantitative estimate of drug-likeness (QED) is 0.345. The van der Waals surface area contributed by atoms with Crippen LogP contribution in [0.2, 0.25) is 0 Å². The summed E-state index contributed by atoms with van der Waals surface area (Å²) in [4.78, 5) is 12.1. The first kappa shape index (κ1) is 17.9. The number of carbonyl (C=O) groups is 1. The van der Waals surface area contributed by atoms with Gasteiger partial charge in [-0.25, -0.2) is 22.0 Å². The second-order valence-electron chi connectivity index (χ2n) is 5.20. The van der Waals surface area contributed by atoms with E-state index in [1.165, 1.54) is 6.92 Å². The zero-order chi connectivity index (χ0) is 18.0. The van der Waals surface area contributed by atoms with Crippen molar-refractivity contribution in [2.24, 2.45) is 0 Å². The zero-order valence-electron chi connectivity index (χ0n) is 12.7. The molecule has 0 saturated heterocycles. The van der Waals surface area contributed by atoms with E-state index in [9.17, 15) is 26.7 Å². The number of hydrogen-bond donors (Lipinski definition) is 0. The molecule has 24 heavy (non-hydrogen) atoms. The Kier molecular flexibility index (Phi) is 5.21. The molecule has 0 unspecified atom stereocenters. The predicted molar refractivity (Wildman–Crippen MR) is 75.6 cm³/mol. The summed E-state index contributed by atoms with van der Waals surface area (Å²) in [5.74, 6) is -12.1. The van der Waals surface area contributed by atoms with E-state index in [4.69, 9.17) is 4.74 Å². The number of rotatable bonds is 4. The van der Waals surface area contributed by atoms with E-state index in [0.717, 1.165) is 6.92 Å². The fraction of sp³-hybridized carbons (Fsp3) is 0.235. The van der Waals surface area contributed by atoms with Crippen LogP contribution in [0.3, 0.4) is 0 Å². The third-order valence-electron chi connectivity index (χ3n) is 3.60. The van der Waals surface area contributed by atoms with Gasteiger partial charge < -0.3 is 4.74 Å². The van der Waals surface area contributed by atoms with Gasteiger partial charge in [0, 0.05) is 0 Å². The second-order valence-corrected chi connectivity index (χ2v) is 5.20. The summed E-state index contributed by atoms with van der Waals surface area (Å²) in [6, 6.07) is 8.40. The number of ether oxygens (including phenoxy) is 1. The van der Waals surface area contributed by atoms with Gasteiger partial charge in [-0.05, 0) is 19.4 Å². The Labute approximate surface area is 134 Å². The molecule has 0 aromatic heterocycles. The molecule has 2 aromatic rings. The van der Waals surface area contributed by atoms with E-state index in [1.807, 2.05) is 0 Å². The van der Waals surface area contributed by atoms with Crippen molar-refractivity contribution in [2.75, 3.05) is 0 Å². The molecule has 0 fully saturated rings. The number of esters is 1. The van der Waals surface area contributed by atoms with Gasteiger partial charge in [-0.2, -0.15) is 0 Å². The maximum Gasteiger partial charge on any atom is 0.313 e. The van der Waals surface area contributed by atoms with Crippen LogP contribution in [-0.4, -0.2) is 5.97 Å². The Morgan fingerprint density at radius 3 is 1.79 bits per heavy atom. The first-order valence-corrected chi connectivity index (χ1v) is 7.02. The van der Waals surface area contributed by atoms with Crippen molar-refractivity contribution >= 4 is 5.97 Å². The molecule has 128 valence electrons. The molecular formula is C17H13F5O2. The third kappa shape index (κ3) is 3.25. The molecule has 0 aliphatic rings. The molecule has 2 rings (SSSR count). The highest BCUT2D eigenvalue weighted by Crippen LogP contribution is 2.30. The van der Waals surface area contributed by atoms with Gasteiger partial charge in [-0.3, -0.25) is 4.79 Å². The molecule has 0 aliphatic carbocycles. The molecule has 2 atom stereocenters. The molecule has 0 bridgehead atoms. The molecule has 0 radical (unpaired) electrons. The summed E-state index contributed by atoms with van der Waals surface area (Å²) in [6.45, 7) is 2.54. The van der Waals surface area contributed by atoms with Gasteiger partial charge in [0.15, 0.2) is 23.3 Å². The lowest BCUT2D eigenvalue weighted by Gasteiger charge is -2.19. The first-order valence-electron chi connectivity index (χ1n) is 7.02. The molecule has 0 heterocycles. The molecule has 0 saturated carbocycles. The van der Waals surface area contributed by atoms with Gasteiger partial charge in [-0.1, -0.05) is 30.3 Å². The molecule has 0 aliphatic heterocycles. The van der Waals surface area contributed by atoms with Gasteiger partial charge in [-0.15, -0.1) is 0 Å². The smallest absolute Gasteiger partial charge is 0.313 e. The highest BCUT2D eigenvalue weighted by molar-refractivity contribution is 5.77. The number of carbonyl (C=O) groups excluding carboxylic acids is 1. The highest BCUT2D eigenvalue weighted by atomic mass is 19.2. The summed E-state index contributed by atoms with van der Waals surface area (Å²) < 4.78 is 71.8. The van der Waals surface area contributed by atoms with Crippen molar-refractivity contribution in [3.8, 4) is 0 Å². The lowest BCUT2D eigenvalue weighted by molar-refractivity contribution is -0.150. The Morgan fingerprint density at radius 1 is 0.833 bits per heavy atom. The van der Waals surface area contributed by atoms with Crippen molar-refractivity contribution in [3.05, 3.63) is 70.5 Å². The number of benzene rings is 2. The van der Waals surface area contributed by atoms with E-state index < -0.39 is 52.6 Å². The van der Waals surface area contributed by atoms with Gasteiger partial charge in [0.2, 0.25) is 5.82 Å². The summed E-state index contributed by atoms with van der Waals surface area (Å²) in [5, 5.41) is 0. The Hall–Kier alpha value is -2.44. The summed E-state index contributed by atoms with van der Waals surface area (Å²) in [5.41, 5.74) is -0.591. The summed E-state index contributed by atoms with van der Waals surface area (Å²) >= 11 is 0. The number of hydrogen-bond acceptors (Lipinski definition) is 2. The molecule has 0 N–H and O–H groups in total. The van der Waals surface area contributed by atoms with E-state index in [2.05, 4.69) is 0 Å². The third-order valence-corrected chi connectivity index (χ3v) is 3.60. The maximum absolute atomic E-state index is 13.7. The van der Waals surface area contributed by atoms with Crippen LogP contribution < -0.4 is 0 Å². The minimum absolute atomic E-state index is 0.590. The minimum atomic E-state index is -2.26. The largest absolute Gasteiger partial charge is 0.457 e.